The molecule has 4 atom stereocenters. The number of nitrogens with zero attached hydrogens (tertiary/aromatic N) is 3. The fraction of sp³-hybridized carbons (Fsp3) is 0.537. The van der Waals surface area contributed by atoms with Crippen molar-refractivity contribution in [3.63, 3.8) is 0 Å². The lowest BCUT2D eigenvalue weighted by molar-refractivity contribution is -0.141. The molecule has 306 valence electrons. The predicted molar refractivity (Wildman–Crippen MR) is 213 cm³/mol. The van der Waals surface area contributed by atoms with Crippen LogP contribution in [-0.2, 0) is 46.0 Å². The van der Waals surface area contributed by atoms with Crippen LogP contribution in [0.5, 0.6) is 0 Å². The minimum Gasteiger partial charge on any atom is -0.481 e. The van der Waals surface area contributed by atoms with E-state index in [4.69, 9.17) is 0 Å². The Bertz CT molecular complexity index is 1870. The van der Waals surface area contributed by atoms with Gasteiger partial charge in [0.1, 0.15) is 12.1 Å². The van der Waals surface area contributed by atoms with Gasteiger partial charge in [0, 0.05) is 73.8 Å². The second kappa shape index (κ2) is 18.5. The number of amides is 6. The fourth-order valence-corrected chi connectivity index (χ4v) is 7.01. The van der Waals surface area contributed by atoms with Crippen molar-refractivity contribution in [2.45, 2.75) is 97.8 Å². The summed E-state index contributed by atoms with van der Waals surface area (Å²) in [6.07, 6.45) is 5.27. The number of imide groups is 1. The molecule has 5 N–H and O–H groups in total. The number of carboxylic acid groups (broad SMARTS) is 1. The van der Waals surface area contributed by atoms with E-state index in [1.807, 2.05) is 90.5 Å². The van der Waals surface area contributed by atoms with Crippen molar-refractivity contribution in [3.8, 4) is 0 Å². The zero-order valence-electron chi connectivity index (χ0n) is 34.5. The third-order valence-electron chi connectivity index (χ3n) is 10.3. The first kappa shape index (κ1) is 45.1. The minimum absolute atomic E-state index is 0.0983. The predicted octanol–water partition coefficient (Wildman–Crippen LogP) is 2.39. The van der Waals surface area contributed by atoms with Crippen LogP contribution in [0, 0.1) is 11.3 Å². The van der Waals surface area contributed by atoms with Gasteiger partial charge in [-0.15, -0.1) is 0 Å². The molecule has 15 heteroatoms. The van der Waals surface area contributed by atoms with Crippen molar-refractivity contribution >= 4 is 52.3 Å². The van der Waals surface area contributed by atoms with Crippen molar-refractivity contribution < 1.29 is 38.7 Å². The number of para-hydroxylation sites is 1. The molecule has 0 radical (unpaired) electrons. The summed E-state index contributed by atoms with van der Waals surface area (Å²) in [5.74, 6) is -4.41. The highest BCUT2D eigenvalue weighted by Gasteiger charge is 2.42. The van der Waals surface area contributed by atoms with E-state index in [0.29, 0.717) is 0 Å². The van der Waals surface area contributed by atoms with Crippen LogP contribution in [0.25, 0.3) is 10.9 Å². The number of carbonyl (C=O) groups excluding carboxylic acids is 6. The Morgan fingerprint density at radius 1 is 0.929 bits per heavy atom. The van der Waals surface area contributed by atoms with Crippen molar-refractivity contribution in [2.24, 2.45) is 18.4 Å². The number of aromatic nitrogens is 1. The first-order valence-corrected chi connectivity index (χ1v) is 18.8. The quantitative estimate of drug-likeness (QED) is 0.111. The average molecular weight is 778 g/mol. The summed E-state index contributed by atoms with van der Waals surface area (Å²) in [6, 6.07) is 4.48. The summed E-state index contributed by atoms with van der Waals surface area (Å²) in [5, 5.41) is 21.7. The van der Waals surface area contributed by atoms with Crippen LogP contribution >= 0.6 is 0 Å². The lowest BCUT2D eigenvalue weighted by Crippen LogP contribution is -2.61. The van der Waals surface area contributed by atoms with Gasteiger partial charge in [-0.2, -0.15) is 0 Å². The number of aryl methyl sites for hydroxylation is 1. The van der Waals surface area contributed by atoms with E-state index in [-0.39, 0.29) is 42.8 Å². The van der Waals surface area contributed by atoms with Gasteiger partial charge in [0.25, 0.3) is 11.8 Å². The molecule has 3 rings (SSSR count). The van der Waals surface area contributed by atoms with E-state index >= 15 is 0 Å². The van der Waals surface area contributed by atoms with E-state index in [1.165, 1.54) is 11.8 Å². The number of likely N-dealkylation sites (N-methyl/N-ethyl adjacent to an activating group) is 2. The number of fused-ring (bicyclic) bond motifs is 1. The molecule has 56 heavy (non-hydrogen) atoms. The Kier molecular flexibility index (Phi) is 14.9. The molecular formula is C41H59N7O8. The number of benzene rings is 1. The number of nitrogens with one attached hydrogen (secondary N) is 4. The average Bonchev–Trinajstić information content (AvgIpc) is 3.63. The van der Waals surface area contributed by atoms with Crippen LogP contribution in [0.1, 0.15) is 73.8 Å². The Labute approximate surface area is 329 Å². The molecule has 0 saturated heterocycles. The molecule has 1 aliphatic rings. The fourth-order valence-electron chi connectivity index (χ4n) is 7.01. The summed E-state index contributed by atoms with van der Waals surface area (Å²) in [4.78, 5) is 92.6. The first-order valence-electron chi connectivity index (χ1n) is 18.8. The molecule has 0 unspecified atom stereocenters. The number of aliphatic carboxylic acids is 1. The third kappa shape index (κ3) is 10.7. The summed E-state index contributed by atoms with van der Waals surface area (Å²) >= 11 is 0. The number of hydrogen-bond donors (Lipinski definition) is 5. The summed E-state index contributed by atoms with van der Waals surface area (Å²) in [7, 11) is 5.30. The van der Waals surface area contributed by atoms with Crippen molar-refractivity contribution in [1.82, 2.24) is 35.6 Å². The van der Waals surface area contributed by atoms with Crippen LogP contribution < -0.4 is 21.3 Å². The van der Waals surface area contributed by atoms with Gasteiger partial charge in [0.2, 0.25) is 23.6 Å². The van der Waals surface area contributed by atoms with Gasteiger partial charge >= 0.3 is 5.97 Å². The highest BCUT2D eigenvalue weighted by molar-refractivity contribution is 6.12. The maximum Gasteiger partial charge on any atom is 0.303 e. The van der Waals surface area contributed by atoms with Crippen molar-refractivity contribution in [3.05, 3.63) is 59.8 Å². The molecule has 6 amide bonds. The SMILES string of the molecule is CN[C@H](C(=O)N[C@H](C(=O)N(C)[C@H](/C=C(\C)C(=O)N[C@@H](CCC(=O)O)C(=O)NCCN1C(=O)C=CC1=O)C(C)C)C(C)(C)C)C(C)(C)c1cn(C)c2ccccc12. The van der Waals surface area contributed by atoms with Crippen molar-refractivity contribution in [1.29, 1.82) is 0 Å². The van der Waals surface area contributed by atoms with E-state index in [1.54, 1.807) is 20.2 Å². The van der Waals surface area contributed by atoms with E-state index in [2.05, 4.69) is 21.3 Å². The van der Waals surface area contributed by atoms with E-state index < -0.39 is 71.0 Å². The van der Waals surface area contributed by atoms with Gasteiger partial charge < -0.3 is 35.8 Å². The second-order valence-electron chi connectivity index (χ2n) is 16.4. The third-order valence-corrected chi connectivity index (χ3v) is 10.3. The molecule has 2 aromatic rings. The van der Waals surface area contributed by atoms with Gasteiger partial charge in [-0.05, 0) is 43.4 Å². The maximum absolute atomic E-state index is 14.4. The molecule has 2 heterocycles. The normalized spacial score (nSPS) is 15.8. The van der Waals surface area contributed by atoms with E-state index in [9.17, 15) is 38.7 Å². The smallest absolute Gasteiger partial charge is 0.303 e. The highest BCUT2D eigenvalue weighted by Crippen LogP contribution is 2.35. The van der Waals surface area contributed by atoms with Crippen molar-refractivity contribution in [2.75, 3.05) is 27.2 Å². The van der Waals surface area contributed by atoms with Gasteiger partial charge in [-0.25, -0.2) is 0 Å². The van der Waals surface area contributed by atoms with Crippen LogP contribution in [0.2, 0.25) is 0 Å². The van der Waals surface area contributed by atoms with Gasteiger partial charge in [-0.3, -0.25) is 38.5 Å². The topological polar surface area (TPSA) is 199 Å². The zero-order valence-corrected chi connectivity index (χ0v) is 34.5. The number of carboxylic acids is 1. The second-order valence-corrected chi connectivity index (χ2v) is 16.4. The van der Waals surface area contributed by atoms with E-state index in [0.717, 1.165) is 33.5 Å². The molecule has 1 aromatic carbocycles. The Morgan fingerprint density at radius 2 is 1.54 bits per heavy atom. The summed E-state index contributed by atoms with van der Waals surface area (Å²) in [5.41, 5.74) is 0.799. The highest BCUT2D eigenvalue weighted by atomic mass is 16.4. The number of hydrogen-bond acceptors (Lipinski definition) is 8. The van der Waals surface area contributed by atoms with Crippen LogP contribution in [0.3, 0.4) is 0 Å². The Balaban J connectivity index is 1.80. The number of rotatable bonds is 18. The lowest BCUT2D eigenvalue weighted by atomic mass is 9.76. The Hall–Kier alpha value is -5.31. The molecule has 1 aromatic heterocycles. The molecule has 0 aliphatic carbocycles. The zero-order chi connectivity index (χ0) is 42.3. The molecule has 0 bridgehead atoms. The molecule has 0 fully saturated rings. The van der Waals surface area contributed by atoms with Gasteiger partial charge in [0.15, 0.2) is 0 Å². The first-order chi connectivity index (χ1) is 26.0. The van der Waals surface area contributed by atoms with Gasteiger partial charge in [-0.1, -0.05) is 72.7 Å². The largest absolute Gasteiger partial charge is 0.481 e. The minimum atomic E-state index is -1.24. The molecule has 0 saturated carbocycles. The molecule has 15 nitrogen and oxygen atoms in total. The summed E-state index contributed by atoms with van der Waals surface area (Å²) in [6.45, 7) is 14.7. The standard InChI is InChI=1S/C41H59N7O8/c1-24(2)30(22-25(3)36(53)44-28(16-19-33(51)52)37(54)43-20-21-48-31(49)17-18-32(48)50)47(11)39(56)35(40(4,5)6)45-38(55)34(42-9)41(7,8)27-23-46(10)29-15-13-12-14-26(27)29/h12-15,17-18,22-24,28,30,34-35,42H,16,19-21H2,1-11H3,(H,43,54)(H,44,53)(H,45,55)(H,51,52)/b25-22+/t28-,30+,34+,35+/m0/s1. The monoisotopic (exact) mass is 777 g/mol. The van der Waals surface area contributed by atoms with Crippen LogP contribution in [-0.4, -0.2) is 112 Å². The lowest BCUT2D eigenvalue weighted by Gasteiger charge is -2.39. The Morgan fingerprint density at radius 3 is 2.09 bits per heavy atom. The maximum atomic E-state index is 14.4. The molecular weight excluding hydrogens is 718 g/mol. The van der Waals surface area contributed by atoms with Gasteiger partial charge in [0.05, 0.1) is 12.1 Å². The number of carbonyl (C=O) groups is 7. The van der Waals surface area contributed by atoms with Crippen LogP contribution in [0.4, 0.5) is 0 Å². The van der Waals surface area contributed by atoms with Crippen LogP contribution in [0.15, 0.2) is 54.3 Å². The molecule has 1 aliphatic heterocycles. The summed E-state index contributed by atoms with van der Waals surface area (Å²) < 4.78 is 2.03. The molecule has 0 spiro atoms.